The van der Waals surface area contributed by atoms with Gasteiger partial charge in [-0.25, -0.2) is 8.78 Å². The lowest BCUT2D eigenvalue weighted by Crippen LogP contribution is -2.38. The molecular weight excluding hydrogens is 316 g/mol. The number of rotatable bonds is 4. The van der Waals surface area contributed by atoms with Crippen LogP contribution in [0.3, 0.4) is 0 Å². The minimum Gasteiger partial charge on any atom is -0.454 e. The lowest BCUT2D eigenvalue weighted by Gasteiger charge is -2.23. The van der Waals surface area contributed by atoms with E-state index in [2.05, 4.69) is 5.32 Å². The maximum absolute atomic E-state index is 13.6. The third kappa shape index (κ3) is 4.08. The Hall–Kier alpha value is -2.47. The molecule has 6 heteroatoms. The van der Waals surface area contributed by atoms with E-state index in [1.165, 1.54) is 6.07 Å². The van der Waals surface area contributed by atoms with Gasteiger partial charge in [-0.15, -0.1) is 0 Å². The van der Waals surface area contributed by atoms with E-state index in [0.717, 1.165) is 25.0 Å². The molecule has 0 bridgehead atoms. The van der Waals surface area contributed by atoms with Crippen molar-refractivity contribution in [1.29, 1.82) is 0 Å². The summed E-state index contributed by atoms with van der Waals surface area (Å²) < 4.78 is 37.1. The summed E-state index contributed by atoms with van der Waals surface area (Å²) in [6, 6.07) is 9.56. The van der Waals surface area contributed by atoms with Crippen LogP contribution in [0.25, 0.3) is 0 Å². The quantitative estimate of drug-likeness (QED) is 0.929. The van der Waals surface area contributed by atoms with E-state index in [4.69, 9.17) is 9.47 Å². The van der Waals surface area contributed by atoms with E-state index in [1.54, 1.807) is 24.3 Å². The molecule has 0 saturated carbocycles. The molecule has 0 atom stereocenters. The lowest BCUT2D eigenvalue weighted by molar-refractivity contribution is 0.0696. The van der Waals surface area contributed by atoms with Crippen molar-refractivity contribution in [3.05, 3.63) is 59.7 Å². The molecule has 0 radical (unpaired) electrons. The second-order valence-electron chi connectivity index (χ2n) is 5.56. The summed E-state index contributed by atoms with van der Waals surface area (Å²) in [4.78, 5) is 12.2. The highest BCUT2D eigenvalue weighted by Crippen LogP contribution is 2.25. The number of nitrogens with one attached hydrogen (secondary N) is 1. The fourth-order valence-corrected chi connectivity index (χ4v) is 2.47. The Balaban J connectivity index is 1.63. The van der Waals surface area contributed by atoms with Crippen molar-refractivity contribution in [1.82, 2.24) is 5.32 Å². The van der Waals surface area contributed by atoms with Gasteiger partial charge in [0.15, 0.2) is 11.6 Å². The van der Waals surface area contributed by atoms with Crippen LogP contribution in [-0.4, -0.2) is 25.2 Å². The van der Waals surface area contributed by atoms with E-state index in [0.29, 0.717) is 24.5 Å². The first-order valence-electron chi connectivity index (χ1n) is 7.73. The van der Waals surface area contributed by atoms with Crippen LogP contribution in [0.4, 0.5) is 8.78 Å². The molecule has 0 unspecified atom stereocenters. The molecule has 0 aromatic heterocycles. The van der Waals surface area contributed by atoms with Crippen LogP contribution in [0, 0.1) is 11.6 Å². The van der Waals surface area contributed by atoms with Crippen molar-refractivity contribution >= 4 is 5.91 Å². The molecule has 2 aromatic carbocycles. The second kappa shape index (κ2) is 7.40. The molecule has 1 fully saturated rings. The maximum atomic E-state index is 13.6. The third-order valence-electron chi connectivity index (χ3n) is 3.79. The molecule has 1 N–H and O–H groups in total. The largest absolute Gasteiger partial charge is 0.454 e. The summed E-state index contributed by atoms with van der Waals surface area (Å²) in [5.41, 5.74) is 0.494. The van der Waals surface area contributed by atoms with Crippen LogP contribution in [0.5, 0.6) is 11.5 Å². The van der Waals surface area contributed by atoms with Gasteiger partial charge in [-0.05, 0) is 49.2 Å². The van der Waals surface area contributed by atoms with Gasteiger partial charge in [-0.1, -0.05) is 0 Å². The van der Waals surface area contributed by atoms with Gasteiger partial charge in [0.05, 0.1) is 0 Å². The van der Waals surface area contributed by atoms with Gasteiger partial charge in [0.25, 0.3) is 5.91 Å². The Morgan fingerprint density at radius 3 is 2.46 bits per heavy atom. The predicted octanol–water partition coefficient (Wildman–Crippen LogP) is 3.67. The van der Waals surface area contributed by atoms with Gasteiger partial charge < -0.3 is 14.8 Å². The molecule has 1 aliphatic heterocycles. The van der Waals surface area contributed by atoms with Crippen molar-refractivity contribution in [2.24, 2.45) is 0 Å². The third-order valence-corrected chi connectivity index (χ3v) is 3.79. The Morgan fingerprint density at radius 1 is 1.08 bits per heavy atom. The normalized spacial score (nSPS) is 15.1. The fraction of sp³-hybridized carbons (Fsp3) is 0.278. The van der Waals surface area contributed by atoms with Crippen LogP contribution >= 0.6 is 0 Å². The monoisotopic (exact) mass is 333 g/mol. The molecule has 24 heavy (non-hydrogen) atoms. The number of hydrogen-bond acceptors (Lipinski definition) is 3. The smallest absolute Gasteiger partial charge is 0.251 e. The standard InChI is InChI=1S/C18H17F2NO3/c19-13-3-6-17(16(20)11-13)24-15-4-1-12(2-5-15)18(22)21-14-7-9-23-10-8-14/h1-6,11,14H,7-10H2,(H,21,22). The summed E-state index contributed by atoms with van der Waals surface area (Å²) >= 11 is 0. The van der Waals surface area contributed by atoms with Crippen LogP contribution in [0.1, 0.15) is 23.2 Å². The van der Waals surface area contributed by atoms with E-state index in [-0.39, 0.29) is 17.7 Å². The molecule has 0 spiro atoms. The first-order valence-corrected chi connectivity index (χ1v) is 7.73. The first-order chi connectivity index (χ1) is 11.6. The Morgan fingerprint density at radius 2 is 1.79 bits per heavy atom. The Labute approximate surface area is 138 Å². The number of amides is 1. The average Bonchev–Trinajstić information content (AvgIpc) is 2.59. The number of carbonyl (C=O) groups excluding carboxylic acids is 1. The fourth-order valence-electron chi connectivity index (χ4n) is 2.47. The summed E-state index contributed by atoms with van der Waals surface area (Å²) in [5, 5.41) is 2.96. The van der Waals surface area contributed by atoms with Crippen molar-refractivity contribution in [2.45, 2.75) is 18.9 Å². The molecule has 1 saturated heterocycles. The van der Waals surface area contributed by atoms with Gasteiger partial charge in [-0.3, -0.25) is 4.79 Å². The van der Waals surface area contributed by atoms with Crippen LogP contribution in [0.2, 0.25) is 0 Å². The molecule has 4 nitrogen and oxygen atoms in total. The highest BCUT2D eigenvalue weighted by molar-refractivity contribution is 5.94. The van der Waals surface area contributed by atoms with Crippen molar-refractivity contribution in [2.75, 3.05) is 13.2 Å². The Bertz CT molecular complexity index is 713. The second-order valence-corrected chi connectivity index (χ2v) is 5.56. The van der Waals surface area contributed by atoms with Gasteiger partial charge in [0.1, 0.15) is 11.6 Å². The molecule has 1 amide bonds. The molecular formula is C18H17F2NO3. The van der Waals surface area contributed by atoms with Crippen molar-refractivity contribution in [3.63, 3.8) is 0 Å². The first kappa shape index (κ1) is 16.4. The maximum Gasteiger partial charge on any atom is 0.251 e. The van der Waals surface area contributed by atoms with Gasteiger partial charge in [-0.2, -0.15) is 0 Å². The zero-order valence-electron chi connectivity index (χ0n) is 12.9. The van der Waals surface area contributed by atoms with Gasteiger partial charge in [0, 0.05) is 30.9 Å². The number of benzene rings is 2. The summed E-state index contributed by atoms with van der Waals surface area (Å²) in [6.45, 7) is 1.31. The van der Waals surface area contributed by atoms with E-state index in [1.807, 2.05) is 0 Å². The highest BCUT2D eigenvalue weighted by Gasteiger charge is 2.17. The molecule has 1 heterocycles. The van der Waals surface area contributed by atoms with E-state index >= 15 is 0 Å². The van der Waals surface area contributed by atoms with Crippen molar-refractivity contribution < 1.29 is 23.0 Å². The number of carbonyl (C=O) groups is 1. The average molecular weight is 333 g/mol. The lowest BCUT2D eigenvalue weighted by atomic mass is 10.1. The number of hydrogen-bond donors (Lipinski definition) is 1. The van der Waals surface area contributed by atoms with Crippen molar-refractivity contribution in [3.8, 4) is 11.5 Å². The minimum atomic E-state index is -0.781. The zero-order chi connectivity index (χ0) is 16.9. The molecule has 126 valence electrons. The number of halogens is 2. The van der Waals surface area contributed by atoms with E-state index in [9.17, 15) is 13.6 Å². The minimum absolute atomic E-state index is 0.0733. The van der Waals surface area contributed by atoms with Crippen LogP contribution in [-0.2, 0) is 4.74 Å². The van der Waals surface area contributed by atoms with E-state index < -0.39 is 11.6 Å². The summed E-state index contributed by atoms with van der Waals surface area (Å²) in [7, 11) is 0. The Kier molecular flexibility index (Phi) is 5.05. The zero-order valence-corrected chi connectivity index (χ0v) is 12.9. The molecule has 3 rings (SSSR count). The SMILES string of the molecule is O=C(NC1CCOCC1)c1ccc(Oc2ccc(F)cc2F)cc1. The molecule has 2 aromatic rings. The van der Waals surface area contributed by atoms with Gasteiger partial charge in [0.2, 0.25) is 0 Å². The summed E-state index contributed by atoms with van der Waals surface area (Å²) in [5.74, 6) is -1.32. The molecule has 0 aliphatic carbocycles. The van der Waals surface area contributed by atoms with Crippen LogP contribution in [0.15, 0.2) is 42.5 Å². The molecule has 1 aliphatic rings. The topological polar surface area (TPSA) is 47.6 Å². The number of ether oxygens (including phenoxy) is 2. The highest BCUT2D eigenvalue weighted by atomic mass is 19.1. The van der Waals surface area contributed by atoms with Gasteiger partial charge >= 0.3 is 0 Å². The predicted molar refractivity (Wildman–Crippen MR) is 84.2 cm³/mol. The van der Waals surface area contributed by atoms with Crippen LogP contribution < -0.4 is 10.1 Å². The summed E-state index contributed by atoms with van der Waals surface area (Å²) in [6.07, 6.45) is 1.60.